The Morgan fingerprint density at radius 2 is 2.50 bits per heavy atom. The molecule has 0 aliphatic carbocycles. The molecule has 1 amide bonds. The van der Waals surface area contributed by atoms with Crippen LogP contribution in [0.1, 0.15) is 6.42 Å². The molecule has 1 heterocycles. The number of anilines is 1. The van der Waals surface area contributed by atoms with Gasteiger partial charge in [0.05, 0.1) is 0 Å². The second-order valence-corrected chi connectivity index (χ2v) is 2.73. The number of hydrogen-bond donors (Lipinski definition) is 3. The predicted octanol–water partition coefficient (Wildman–Crippen LogP) is -1.64. The summed E-state index contributed by atoms with van der Waals surface area (Å²) in [5.41, 5.74) is 5.27. The van der Waals surface area contributed by atoms with Crippen LogP contribution < -0.4 is 11.1 Å². The van der Waals surface area contributed by atoms with Crippen LogP contribution in [-0.2, 0) is 11.3 Å². The molecule has 0 aliphatic heterocycles. The van der Waals surface area contributed by atoms with Gasteiger partial charge >= 0.3 is 0 Å². The Balaban J connectivity index is 2.27. The fourth-order valence-corrected chi connectivity index (χ4v) is 0.895. The van der Waals surface area contributed by atoms with Gasteiger partial charge in [-0.1, -0.05) is 0 Å². The number of hydrogen-bond acceptors (Lipinski definition) is 5. The van der Waals surface area contributed by atoms with Crippen molar-refractivity contribution in [3.05, 3.63) is 6.33 Å². The number of amides is 1. The third kappa shape index (κ3) is 3.40. The van der Waals surface area contributed by atoms with Crippen molar-refractivity contribution in [2.75, 3.05) is 18.9 Å². The third-order valence-corrected chi connectivity index (χ3v) is 1.52. The van der Waals surface area contributed by atoms with Crippen molar-refractivity contribution in [3.63, 3.8) is 0 Å². The number of nitrogens with zero attached hydrogens (tertiary/aromatic N) is 3. The number of aliphatic hydroxyl groups excluding tert-OH is 1. The summed E-state index contributed by atoms with van der Waals surface area (Å²) in [6, 6.07) is 0. The molecule has 0 spiro atoms. The first-order valence-corrected chi connectivity index (χ1v) is 4.25. The van der Waals surface area contributed by atoms with Crippen molar-refractivity contribution < 1.29 is 9.90 Å². The number of carbonyl (C=O) groups is 1. The van der Waals surface area contributed by atoms with Crippen LogP contribution >= 0.6 is 0 Å². The summed E-state index contributed by atoms with van der Waals surface area (Å²) in [6.07, 6.45) is 1.94. The van der Waals surface area contributed by atoms with Gasteiger partial charge in [0.1, 0.15) is 12.9 Å². The van der Waals surface area contributed by atoms with Gasteiger partial charge in [0, 0.05) is 13.2 Å². The van der Waals surface area contributed by atoms with Crippen LogP contribution in [0.15, 0.2) is 6.33 Å². The van der Waals surface area contributed by atoms with Gasteiger partial charge < -0.3 is 16.2 Å². The summed E-state index contributed by atoms with van der Waals surface area (Å²) in [4.78, 5) is 14.9. The topological polar surface area (TPSA) is 106 Å². The zero-order valence-electron chi connectivity index (χ0n) is 7.68. The fraction of sp³-hybridized carbons (Fsp3) is 0.571. The van der Waals surface area contributed by atoms with Crippen LogP contribution in [0, 0.1) is 0 Å². The van der Waals surface area contributed by atoms with Gasteiger partial charge in [0.15, 0.2) is 0 Å². The first kappa shape index (κ1) is 10.5. The summed E-state index contributed by atoms with van der Waals surface area (Å²) >= 11 is 0. The smallest absolute Gasteiger partial charge is 0.241 e. The van der Waals surface area contributed by atoms with E-state index in [0.29, 0.717) is 13.0 Å². The quantitative estimate of drug-likeness (QED) is 0.493. The molecule has 0 saturated heterocycles. The van der Waals surface area contributed by atoms with E-state index >= 15 is 0 Å². The van der Waals surface area contributed by atoms with Crippen molar-refractivity contribution in [1.82, 2.24) is 20.1 Å². The van der Waals surface area contributed by atoms with Gasteiger partial charge in [-0.25, -0.2) is 9.67 Å². The molecule has 78 valence electrons. The molecule has 0 unspecified atom stereocenters. The van der Waals surface area contributed by atoms with Crippen LogP contribution in [0.5, 0.6) is 0 Å². The molecule has 1 aromatic rings. The Labute approximate surface area is 80.9 Å². The number of rotatable bonds is 5. The molecule has 0 aromatic carbocycles. The van der Waals surface area contributed by atoms with Crippen molar-refractivity contribution in [2.45, 2.75) is 13.0 Å². The largest absolute Gasteiger partial charge is 0.396 e. The summed E-state index contributed by atoms with van der Waals surface area (Å²) in [5, 5.41) is 14.8. The minimum Gasteiger partial charge on any atom is -0.396 e. The number of nitrogens with one attached hydrogen (secondary N) is 1. The van der Waals surface area contributed by atoms with Crippen LogP contribution in [-0.4, -0.2) is 38.9 Å². The second kappa shape index (κ2) is 5.18. The van der Waals surface area contributed by atoms with E-state index in [1.165, 1.54) is 11.0 Å². The molecular weight excluding hydrogens is 186 g/mol. The van der Waals surface area contributed by atoms with Crippen molar-refractivity contribution in [2.24, 2.45) is 0 Å². The molecule has 1 rings (SSSR count). The minimum atomic E-state index is -0.177. The van der Waals surface area contributed by atoms with E-state index in [4.69, 9.17) is 10.8 Å². The molecule has 0 bridgehead atoms. The van der Waals surface area contributed by atoms with Gasteiger partial charge in [0.25, 0.3) is 0 Å². The van der Waals surface area contributed by atoms with E-state index in [1.54, 1.807) is 0 Å². The summed E-state index contributed by atoms with van der Waals surface area (Å²) in [5.74, 6) is -0.0310. The number of aliphatic hydroxyl groups is 1. The van der Waals surface area contributed by atoms with Crippen LogP contribution in [0.3, 0.4) is 0 Å². The monoisotopic (exact) mass is 199 g/mol. The molecule has 0 atom stereocenters. The SMILES string of the molecule is Nc1ncn(CC(=O)NCCCO)n1. The summed E-state index contributed by atoms with van der Waals surface area (Å²) in [7, 11) is 0. The van der Waals surface area contributed by atoms with E-state index in [-0.39, 0.29) is 25.0 Å². The third-order valence-electron chi connectivity index (χ3n) is 1.52. The zero-order valence-corrected chi connectivity index (χ0v) is 7.68. The minimum absolute atomic E-state index is 0.0660. The molecule has 0 saturated carbocycles. The van der Waals surface area contributed by atoms with Gasteiger partial charge in [-0.2, -0.15) is 0 Å². The maximum atomic E-state index is 11.2. The Morgan fingerprint density at radius 1 is 1.71 bits per heavy atom. The maximum absolute atomic E-state index is 11.2. The van der Waals surface area contributed by atoms with Gasteiger partial charge in [0.2, 0.25) is 11.9 Å². The lowest BCUT2D eigenvalue weighted by Crippen LogP contribution is -2.29. The highest BCUT2D eigenvalue weighted by molar-refractivity contribution is 5.75. The zero-order chi connectivity index (χ0) is 10.4. The first-order chi connectivity index (χ1) is 6.72. The molecule has 14 heavy (non-hydrogen) atoms. The normalized spacial score (nSPS) is 10.1. The average molecular weight is 199 g/mol. The fourth-order valence-electron chi connectivity index (χ4n) is 0.895. The van der Waals surface area contributed by atoms with Crippen LogP contribution in [0.2, 0.25) is 0 Å². The highest BCUT2D eigenvalue weighted by Gasteiger charge is 2.03. The molecule has 7 heteroatoms. The van der Waals surface area contributed by atoms with E-state index in [1.807, 2.05) is 0 Å². The van der Waals surface area contributed by atoms with E-state index in [0.717, 1.165) is 0 Å². The Kier molecular flexibility index (Phi) is 3.86. The van der Waals surface area contributed by atoms with Crippen molar-refractivity contribution in [3.8, 4) is 0 Å². The molecule has 0 fully saturated rings. The first-order valence-electron chi connectivity index (χ1n) is 4.25. The van der Waals surface area contributed by atoms with Crippen LogP contribution in [0.25, 0.3) is 0 Å². The van der Waals surface area contributed by atoms with E-state index in [9.17, 15) is 4.79 Å². The summed E-state index contributed by atoms with van der Waals surface area (Å²) < 4.78 is 1.35. The van der Waals surface area contributed by atoms with Crippen molar-refractivity contribution >= 4 is 11.9 Å². The van der Waals surface area contributed by atoms with E-state index in [2.05, 4.69) is 15.4 Å². The lowest BCUT2D eigenvalue weighted by atomic mass is 10.4. The second-order valence-electron chi connectivity index (χ2n) is 2.73. The predicted molar refractivity (Wildman–Crippen MR) is 49.1 cm³/mol. The number of carbonyl (C=O) groups excluding carboxylic acids is 1. The average Bonchev–Trinajstić information content (AvgIpc) is 2.52. The standard InChI is InChI=1S/C7H13N5O2/c8-7-10-5-12(11-7)4-6(14)9-2-1-3-13/h5,13H,1-4H2,(H2,8,11)(H,9,14). The Bertz CT molecular complexity index is 298. The Morgan fingerprint density at radius 3 is 3.07 bits per heavy atom. The lowest BCUT2D eigenvalue weighted by Gasteiger charge is -2.02. The molecule has 4 N–H and O–H groups in total. The molecule has 1 aromatic heterocycles. The highest BCUT2D eigenvalue weighted by Crippen LogP contribution is 1.88. The Hall–Kier alpha value is -1.63. The maximum Gasteiger partial charge on any atom is 0.241 e. The number of nitrogens with two attached hydrogens (primary N) is 1. The van der Waals surface area contributed by atoms with Gasteiger partial charge in [-0.15, -0.1) is 5.10 Å². The summed E-state index contributed by atoms with van der Waals surface area (Å²) in [6.45, 7) is 0.617. The van der Waals surface area contributed by atoms with Crippen LogP contribution in [0.4, 0.5) is 5.95 Å². The molecular formula is C7H13N5O2. The number of nitrogen functional groups attached to an aromatic ring is 1. The van der Waals surface area contributed by atoms with Gasteiger partial charge in [-0.3, -0.25) is 4.79 Å². The van der Waals surface area contributed by atoms with Gasteiger partial charge in [-0.05, 0) is 6.42 Å². The molecule has 0 aliphatic rings. The molecule has 0 radical (unpaired) electrons. The van der Waals surface area contributed by atoms with Crippen molar-refractivity contribution in [1.29, 1.82) is 0 Å². The lowest BCUT2D eigenvalue weighted by molar-refractivity contribution is -0.121. The molecule has 7 nitrogen and oxygen atoms in total. The van der Waals surface area contributed by atoms with E-state index < -0.39 is 0 Å². The number of aromatic nitrogens is 3. The highest BCUT2D eigenvalue weighted by atomic mass is 16.3.